The van der Waals surface area contributed by atoms with Crippen LogP contribution >= 0.6 is 11.6 Å². The van der Waals surface area contributed by atoms with Gasteiger partial charge in [0.2, 0.25) is 15.9 Å². The highest BCUT2D eigenvalue weighted by Gasteiger charge is 2.33. The Labute approximate surface area is 171 Å². The molecule has 0 unspecified atom stereocenters. The Hall–Kier alpha value is -1.89. The third-order valence-corrected chi connectivity index (χ3v) is 7.20. The van der Waals surface area contributed by atoms with Crippen molar-refractivity contribution in [3.8, 4) is 0 Å². The zero-order chi connectivity index (χ0) is 20.0. The Morgan fingerprint density at radius 2 is 1.64 bits per heavy atom. The number of nitrogens with zero attached hydrogens (tertiary/aromatic N) is 1. The minimum atomic E-state index is -3.78. The summed E-state index contributed by atoms with van der Waals surface area (Å²) >= 11 is 5.90. The highest BCUT2D eigenvalue weighted by Crippen LogP contribution is 2.28. The summed E-state index contributed by atoms with van der Waals surface area (Å²) in [5.74, 6) is -0.299. The number of sulfonamides is 1. The molecule has 0 saturated heterocycles. The first-order valence-corrected chi connectivity index (χ1v) is 11.4. The molecule has 3 rings (SSSR count). The van der Waals surface area contributed by atoms with Crippen molar-refractivity contribution in [2.75, 3.05) is 6.54 Å². The fraction of sp³-hybridized carbons (Fsp3) is 0.381. The van der Waals surface area contributed by atoms with Crippen LogP contribution in [0.15, 0.2) is 59.5 Å². The number of rotatable bonds is 7. The molecule has 2 aromatic rings. The molecule has 1 aliphatic rings. The molecule has 1 amide bonds. The zero-order valence-corrected chi connectivity index (χ0v) is 17.3. The first-order chi connectivity index (χ1) is 13.5. The van der Waals surface area contributed by atoms with Crippen molar-refractivity contribution in [3.63, 3.8) is 0 Å². The number of amides is 1. The number of halogens is 1. The van der Waals surface area contributed by atoms with Crippen LogP contribution in [0, 0.1) is 0 Å². The van der Waals surface area contributed by atoms with Gasteiger partial charge in [0.25, 0.3) is 0 Å². The van der Waals surface area contributed by atoms with E-state index >= 15 is 0 Å². The van der Waals surface area contributed by atoms with Crippen molar-refractivity contribution in [3.05, 3.63) is 65.2 Å². The van der Waals surface area contributed by atoms with E-state index in [0.717, 1.165) is 37.7 Å². The van der Waals surface area contributed by atoms with Gasteiger partial charge in [-0.1, -0.05) is 61.2 Å². The minimum Gasteiger partial charge on any atom is -0.351 e. The maximum absolute atomic E-state index is 13.3. The van der Waals surface area contributed by atoms with Crippen molar-refractivity contribution in [1.82, 2.24) is 9.62 Å². The first-order valence-electron chi connectivity index (χ1n) is 9.55. The number of hydrogen-bond donors (Lipinski definition) is 1. The number of carbonyl (C=O) groups excluding carboxylic acids is 1. The molecule has 2 aromatic carbocycles. The molecule has 0 heterocycles. The molecule has 0 aliphatic heterocycles. The molecule has 0 aromatic heterocycles. The van der Waals surface area contributed by atoms with E-state index in [1.807, 2.05) is 30.3 Å². The molecule has 1 aliphatic carbocycles. The molecule has 1 fully saturated rings. The fourth-order valence-electron chi connectivity index (χ4n) is 3.52. The van der Waals surface area contributed by atoms with Crippen molar-refractivity contribution in [2.45, 2.75) is 49.6 Å². The summed E-state index contributed by atoms with van der Waals surface area (Å²) in [6.07, 6.45) is 4.61. The lowest BCUT2D eigenvalue weighted by Gasteiger charge is -2.33. The molecular formula is C21H25ClN2O3S. The van der Waals surface area contributed by atoms with Gasteiger partial charge in [-0.2, -0.15) is 4.31 Å². The molecule has 0 radical (unpaired) electrons. The summed E-state index contributed by atoms with van der Waals surface area (Å²) in [6, 6.07) is 15.5. The van der Waals surface area contributed by atoms with Crippen LogP contribution in [-0.2, 0) is 21.4 Å². The SMILES string of the molecule is O=C(CN(C1CCCCC1)S(=O)(=O)c1ccc(Cl)cc1)NCc1ccccc1. The lowest BCUT2D eigenvalue weighted by molar-refractivity contribution is -0.121. The molecule has 1 N–H and O–H groups in total. The van der Waals surface area contributed by atoms with Gasteiger partial charge in [-0.3, -0.25) is 4.79 Å². The highest BCUT2D eigenvalue weighted by atomic mass is 35.5. The molecule has 5 nitrogen and oxygen atoms in total. The van der Waals surface area contributed by atoms with Gasteiger partial charge in [-0.25, -0.2) is 8.42 Å². The summed E-state index contributed by atoms with van der Waals surface area (Å²) in [5.41, 5.74) is 0.973. The largest absolute Gasteiger partial charge is 0.351 e. The Bertz CT molecular complexity index is 880. The van der Waals surface area contributed by atoms with E-state index in [0.29, 0.717) is 11.6 Å². The first kappa shape index (κ1) is 20.8. The van der Waals surface area contributed by atoms with Crippen LogP contribution in [0.2, 0.25) is 5.02 Å². The smallest absolute Gasteiger partial charge is 0.243 e. The zero-order valence-electron chi connectivity index (χ0n) is 15.7. The van der Waals surface area contributed by atoms with E-state index in [1.165, 1.54) is 16.4 Å². The highest BCUT2D eigenvalue weighted by molar-refractivity contribution is 7.89. The van der Waals surface area contributed by atoms with Gasteiger partial charge >= 0.3 is 0 Å². The van der Waals surface area contributed by atoms with Crippen LogP contribution in [0.3, 0.4) is 0 Å². The molecule has 1 saturated carbocycles. The Balaban J connectivity index is 1.76. The van der Waals surface area contributed by atoms with Gasteiger partial charge in [-0.15, -0.1) is 0 Å². The summed E-state index contributed by atoms with van der Waals surface area (Å²) in [6.45, 7) is 0.196. The lowest BCUT2D eigenvalue weighted by Crippen LogP contribution is -2.46. The number of benzene rings is 2. The second kappa shape index (κ2) is 9.54. The summed E-state index contributed by atoms with van der Waals surface area (Å²) in [4.78, 5) is 12.7. The van der Waals surface area contributed by atoms with E-state index in [2.05, 4.69) is 5.32 Å². The standard InChI is InChI=1S/C21H25ClN2O3S/c22-18-11-13-20(14-12-18)28(26,27)24(19-9-5-2-6-10-19)16-21(25)23-15-17-7-3-1-4-8-17/h1,3-4,7-8,11-14,19H,2,5-6,9-10,15-16H2,(H,23,25). The summed E-state index contributed by atoms with van der Waals surface area (Å²) in [7, 11) is -3.78. The number of nitrogens with one attached hydrogen (secondary N) is 1. The average molecular weight is 421 g/mol. The van der Waals surface area contributed by atoms with E-state index in [4.69, 9.17) is 11.6 Å². The monoisotopic (exact) mass is 420 g/mol. The van der Waals surface area contributed by atoms with Crippen molar-refractivity contribution < 1.29 is 13.2 Å². The lowest BCUT2D eigenvalue weighted by atomic mass is 9.95. The summed E-state index contributed by atoms with van der Waals surface area (Å²) < 4.78 is 27.9. The van der Waals surface area contributed by atoms with Crippen molar-refractivity contribution >= 4 is 27.5 Å². The molecule has 28 heavy (non-hydrogen) atoms. The van der Waals surface area contributed by atoms with E-state index in [-0.39, 0.29) is 23.4 Å². The van der Waals surface area contributed by atoms with Crippen molar-refractivity contribution in [1.29, 1.82) is 0 Å². The Morgan fingerprint density at radius 3 is 2.29 bits per heavy atom. The predicted octanol–water partition coefficient (Wildman–Crippen LogP) is 3.98. The fourth-order valence-corrected chi connectivity index (χ4v) is 5.28. The van der Waals surface area contributed by atoms with Gasteiger partial charge in [0.05, 0.1) is 11.4 Å². The topological polar surface area (TPSA) is 66.5 Å². The van der Waals surface area contributed by atoms with Gasteiger partial charge < -0.3 is 5.32 Å². The van der Waals surface area contributed by atoms with Gasteiger partial charge in [-0.05, 0) is 42.7 Å². The predicted molar refractivity (Wildman–Crippen MR) is 111 cm³/mol. The van der Waals surface area contributed by atoms with Crippen LogP contribution in [0.25, 0.3) is 0 Å². The second-order valence-electron chi connectivity index (χ2n) is 7.06. The van der Waals surface area contributed by atoms with E-state index in [1.54, 1.807) is 12.1 Å². The van der Waals surface area contributed by atoms with Crippen LogP contribution in [0.4, 0.5) is 0 Å². The maximum atomic E-state index is 13.3. The van der Waals surface area contributed by atoms with Crippen LogP contribution < -0.4 is 5.32 Å². The van der Waals surface area contributed by atoms with Gasteiger partial charge in [0.1, 0.15) is 0 Å². The Kier molecular flexibility index (Phi) is 7.10. The third kappa shape index (κ3) is 5.34. The second-order valence-corrected chi connectivity index (χ2v) is 9.39. The normalized spacial score (nSPS) is 15.5. The molecule has 7 heteroatoms. The third-order valence-electron chi connectivity index (χ3n) is 5.03. The van der Waals surface area contributed by atoms with Gasteiger partial charge in [0.15, 0.2) is 0 Å². The molecule has 0 bridgehead atoms. The van der Waals surface area contributed by atoms with Crippen molar-refractivity contribution in [2.24, 2.45) is 0 Å². The Morgan fingerprint density at radius 1 is 1.00 bits per heavy atom. The number of carbonyl (C=O) groups is 1. The number of hydrogen-bond acceptors (Lipinski definition) is 3. The van der Waals surface area contributed by atoms with Crippen LogP contribution in [-0.4, -0.2) is 31.2 Å². The van der Waals surface area contributed by atoms with E-state index < -0.39 is 10.0 Å². The van der Waals surface area contributed by atoms with E-state index in [9.17, 15) is 13.2 Å². The minimum absolute atomic E-state index is 0.156. The van der Waals surface area contributed by atoms with Gasteiger partial charge in [0, 0.05) is 17.6 Å². The average Bonchev–Trinajstić information content (AvgIpc) is 2.72. The van der Waals surface area contributed by atoms with Crippen LogP contribution in [0.5, 0.6) is 0 Å². The maximum Gasteiger partial charge on any atom is 0.243 e. The molecule has 0 atom stereocenters. The molecule has 0 spiro atoms. The summed E-state index contributed by atoms with van der Waals surface area (Å²) in [5, 5.41) is 3.31. The van der Waals surface area contributed by atoms with Crippen LogP contribution in [0.1, 0.15) is 37.7 Å². The quantitative estimate of drug-likeness (QED) is 0.736. The molecule has 150 valence electrons. The molecular weight excluding hydrogens is 396 g/mol.